The van der Waals surface area contributed by atoms with E-state index in [0.717, 1.165) is 5.56 Å². The Bertz CT molecular complexity index is 763. The Balaban J connectivity index is 2.06. The number of benzene rings is 2. The summed E-state index contributed by atoms with van der Waals surface area (Å²) in [6.45, 7) is 3.67. The summed E-state index contributed by atoms with van der Waals surface area (Å²) < 4.78 is 15.5. The number of ether oxygens (including phenoxy) is 3. The molecule has 0 fully saturated rings. The van der Waals surface area contributed by atoms with Crippen LogP contribution in [0.3, 0.4) is 0 Å². The van der Waals surface area contributed by atoms with Crippen molar-refractivity contribution in [2.24, 2.45) is 0 Å². The standard InChI is InChI=1S/C20H23NO5/c1-13(2)14-8-5-6-9-15(14)21-18(22)12-26-20(23)19-16(24-3)10-7-11-17(19)25-4/h5-11,13H,12H2,1-4H3,(H,21,22). The molecule has 0 saturated heterocycles. The lowest BCUT2D eigenvalue weighted by molar-refractivity contribution is -0.119. The maximum Gasteiger partial charge on any atom is 0.346 e. The molecular weight excluding hydrogens is 334 g/mol. The van der Waals surface area contributed by atoms with E-state index >= 15 is 0 Å². The Morgan fingerprint density at radius 1 is 0.962 bits per heavy atom. The van der Waals surface area contributed by atoms with Crippen LogP contribution in [-0.4, -0.2) is 32.7 Å². The molecule has 138 valence electrons. The lowest BCUT2D eigenvalue weighted by Crippen LogP contribution is -2.22. The summed E-state index contributed by atoms with van der Waals surface area (Å²) in [4.78, 5) is 24.6. The first-order chi connectivity index (χ1) is 12.5. The molecule has 26 heavy (non-hydrogen) atoms. The Morgan fingerprint density at radius 3 is 2.15 bits per heavy atom. The van der Waals surface area contributed by atoms with E-state index in [2.05, 4.69) is 5.32 Å². The summed E-state index contributed by atoms with van der Waals surface area (Å²) in [7, 11) is 2.89. The molecular formula is C20H23NO5. The van der Waals surface area contributed by atoms with Crippen molar-refractivity contribution < 1.29 is 23.8 Å². The SMILES string of the molecule is COc1cccc(OC)c1C(=O)OCC(=O)Nc1ccccc1C(C)C. The highest BCUT2D eigenvalue weighted by Crippen LogP contribution is 2.29. The molecule has 1 N–H and O–H groups in total. The number of hydrogen-bond acceptors (Lipinski definition) is 5. The average Bonchev–Trinajstić information content (AvgIpc) is 2.65. The quantitative estimate of drug-likeness (QED) is 0.766. The van der Waals surface area contributed by atoms with E-state index < -0.39 is 18.5 Å². The molecule has 0 aliphatic rings. The fourth-order valence-corrected chi connectivity index (χ4v) is 2.56. The van der Waals surface area contributed by atoms with Gasteiger partial charge in [0.15, 0.2) is 6.61 Å². The number of rotatable bonds is 7. The van der Waals surface area contributed by atoms with Crippen LogP contribution in [0.5, 0.6) is 11.5 Å². The number of para-hydroxylation sites is 1. The fourth-order valence-electron chi connectivity index (χ4n) is 2.56. The molecule has 0 aliphatic heterocycles. The van der Waals surface area contributed by atoms with E-state index in [-0.39, 0.29) is 11.5 Å². The summed E-state index contributed by atoms with van der Waals surface area (Å²) in [5.74, 6) is -0.210. The molecule has 0 unspecified atom stereocenters. The Hall–Kier alpha value is -3.02. The third-order valence-electron chi connectivity index (χ3n) is 3.82. The van der Waals surface area contributed by atoms with Gasteiger partial charge in [-0.05, 0) is 29.7 Å². The summed E-state index contributed by atoms with van der Waals surface area (Å²) in [5, 5.41) is 2.78. The lowest BCUT2D eigenvalue weighted by Gasteiger charge is -2.14. The second-order valence-corrected chi connectivity index (χ2v) is 5.90. The molecule has 2 aromatic carbocycles. The molecule has 6 nitrogen and oxygen atoms in total. The summed E-state index contributed by atoms with van der Waals surface area (Å²) in [5.41, 5.74) is 1.87. The third kappa shape index (κ3) is 4.53. The number of esters is 1. The highest BCUT2D eigenvalue weighted by molar-refractivity contribution is 5.98. The van der Waals surface area contributed by atoms with Gasteiger partial charge in [-0.15, -0.1) is 0 Å². The van der Waals surface area contributed by atoms with Gasteiger partial charge in [0.25, 0.3) is 5.91 Å². The van der Waals surface area contributed by atoms with Crippen LogP contribution in [0.1, 0.15) is 35.7 Å². The van der Waals surface area contributed by atoms with E-state index in [1.807, 2.05) is 38.1 Å². The molecule has 0 atom stereocenters. The van der Waals surface area contributed by atoms with Crippen molar-refractivity contribution in [1.29, 1.82) is 0 Å². The van der Waals surface area contributed by atoms with Gasteiger partial charge in [0.1, 0.15) is 17.1 Å². The molecule has 2 aromatic rings. The second kappa shape index (κ2) is 8.89. The topological polar surface area (TPSA) is 73.9 Å². The zero-order valence-electron chi connectivity index (χ0n) is 15.4. The molecule has 0 bridgehead atoms. The van der Waals surface area contributed by atoms with E-state index in [9.17, 15) is 9.59 Å². The van der Waals surface area contributed by atoms with Gasteiger partial charge in [-0.2, -0.15) is 0 Å². The first-order valence-corrected chi connectivity index (χ1v) is 8.24. The van der Waals surface area contributed by atoms with Crippen LogP contribution in [0.15, 0.2) is 42.5 Å². The van der Waals surface area contributed by atoms with Crippen LogP contribution in [-0.2, 0) is 9.53 Å². The van der Waals surface area contributed by atoms with Gasteiger partial charge in [0.2, 0.25) is 0 Å². The largest absolute Gasteiger partial charge is 0.496 e. The van der Waals surface area contributed by atoms with Crippen LogP contribution in [0, 0.1) is 0 Å². The van der Waals surface area contributed by atoms with Crippen molar-refractivity contribution in [1.82, 2.24) is 0 Å². The lowest BCUT2D eigenvalue weighted by atomic mass is 10.0. The zero-order chi connectivity index (χ0) is 19.1. The van der Waals surface area contributed by atoms with Crippen molar-refractivity contribution in [3.8, 4) is 11.5 Å². The highest BCUT2D eigenvalue weighted by atomic mass is 16.5. The monoisotopic (exact) mass is 357 g/mol. The first kappa shape index (κ1) is 19.3. The minimum Gasteiger partial charge on any atom is -0.496 e. The Labute approximate surface area is 153 Å². The minimum absolute atomic E-state index is 0.146. The molecule has 2 rings (SSSR count). The molecule has 0 radical (unpaired) electrons. The maximum absolute atomic E-state index is 12.4. The fraction of sp³-hybridized carbons (Fsp3) is 0.300. The molecule has 1 amide bonds. The number of anilines is 1. The molecule has 0 spiro atoms. The van der Waals surface area contributed by atoms with Gasteiger partial charge in [-0.1, -0.05) is 38.1 Å². The highest BCUT2D eigenvalue weighted by Gasteiger charge is 2.21. The van der Waals surface area contributed by atoms with Crippen molar-refractivity contribution in [3.05, 3.63) is 53.6 Å². The van der Waals surface area contributed by atoms with Gasteiger partial charge in [-0.25, -0.2) is 4.79 Å². The summed E-state index contributed by atoms with van der Waals surface area (Å²) in [6.07, 6.45) is 0. The summed E-state index contributed by atoms with van der Waals surface area (Å²) >= 11 is 0. The number of methoxy groups -OCH3 is 2. The van der Waals surface area contributed by atoms with Crippen LogP contribution in [0.25, 0.3) is 0 Å². The predicted molar refractivity (Wildman–Crippen MR) is 99.0 cm³/mol. The van der Waals surface area contributed by atoms with Gasteiger partial charge < -0.3 is 19.5 Å². The van der Waals surface area contributed by atoms with E-state index in [1.54, 1.807) is 18.2 Å². The maximum atomic E-state index is 12.4. The third-order valence-corrected chi connectivity index (χ3v) is 3.82. The number of carbonyl (C=O) groups excluding carboxylic acids is 2. The molecule has 0 heterocycles. The smallest absolute Gasteiger partial charge is 0.346 e. The molecule has 6 heteroatoms. The van der Waals surface area contributed by atoms with E-state index in [0.29, 0.717) is 17.2 Å². The number of hydrogen-bond donors (Lipinski definition) is 1. The average molecular weight is 357 g/mol. The Morgan fingerprint density at radius 2 is 1.58 bits per heavy atom. The number of amides is 1. The molecule has 0 aromatic heterocycles. The van der Waals surface area contributed by atoms with Crippen molar-refractivity contribution in [2.75, 3.05) is 26.1 Å². The molecule has 0 saturated carbocycles. The van der Waals surface area contributed by atoms with Gasteiger partial charge >= 0.3 is 5.97 Å². The number of carbonyl (C=O) groups is 2. The second-order valence-electron chi connectivity index (χ2n) is 5.90. The van der Waals surface area contributed by atoms with E-state index in [4.69, 9.17) is 14.2 Å². The van der Waals surface area contributed by atoms with Crippen LogP contribution in [0.2, 0.25) is 0 Å². The van der Waals surface area contributed by atoms with Crippen LogP contribution in [0.4, 0.5) is 5.69 Å². The van der Waals surface area contributed by atoms with Crippen LogP contribution >= 0.6 is 0 Å². The van der Waals surface area contributed by atoms with Crippen molar-refractivity contribution >= 4 is 17.6 Å². The zero-order valence-corrected chi connectivity index (χ0v) is 15.4. The first-order valence-electron chi connectivity index (χ1n) is 8.24. The van der Waals surface area contributed by atoms with Gasteiger partial charge in [0.05, 0.1) is 14.2 Å². The van der Waals surface area contributed by atoms with Crippen LogP contribution < -0.4 is 14.8 Å². The molecule has 0 aliphatic carbocycles. The Kier molecular flexibility index (Phi) is 6.60. The minimum atomic E-state index is -0.688. The summed E-state index contributed by atoms with van der Waals surface area (Å²) in [6, 6.07) is 12.5. The van der Waals surface area contributed by atoms with Gasteiger partial charge in [0, 0.05) is 5.69 Å². The van der Waals surface area contributed by atoms with Gasteiger partial charge in [-0.3, -0.25) is 4.79 Å². The van der Waals surface area contributed by atoms with E-state index in [1.165, 1.54) is 14.2 Å². The van der Waals surface area contributed by atoms with Crippen molar-refractivity contribution in [2.45, 2.75) is 19.8 Å². The number of nitrogens with one attached hydrogen (secondary N) is 1. The predicted octanol–water partition coefficient (Wildman–Crippen LogP) is 3.62. The van der Waals surface area contributed by atoms with Crippen molar-refractivity contribution in [3.63, 3.8) is 0 Å². The normalized spacial score (nSPS) is 10.3.